The molecule has 2 aromatic rings. The van der Waals surface area contributed by atoms with Crippen LogP contribution in [0.2, 0.25) is 0 Å². The minimum Gasteiger partial charge on any atom is -0.406 e. The number of halogens is 3. The van der Waals surface area contributed by atoms with Crippen LogP contribution in [0, 0.1) is 13.8 Å². The maximum atomic E-state index is 12.2. The maximum Gasteiger partial charge on any atom is 0.573 e. The van der Waals surface area contributed by atoms with Gasteiger partial charge in [0.25, 0.3) is 0 Å². The number of aliphatic hydroxyl groups is 1. The summed E-state index contributed by atoms with van der Waals surface area (Å²) in [5, 5.41) is 13.1. The molecule has 0 saturated carbocycles. The summed E-state index contributed by atoms with van der Waals surface area (Å²) in [5.41, 5.74) is 1.79. The second kappa shape index (κ2) is 6.82. The van der Waals surface area contributed by atoms with Crippen molar-refractivity contribution in [2.75, 3.05) is 11.9 Å². The fourth-order valence-corrected chi connectivity index (χ4v) is 2.08. The zero-order valence-corrected chi connectivity index (χ0v) is 12.6. The fourth-order valence-electron chi connectivity index (χ4n) is 2.08. The van der Waals surface area contributed by atoms with E-state index in [-0.39, 0.29) is 12.3 Å². The molecular weight excluding hydrogens is 311 g/mol. The van der Waals surface area contributed by atoms with E-state index in [0.717, 1.165) is 5.69 Å². The first-order chi connectivity index (χ1) is 10.7. The van der Waals surface area contributed by atoms with Gasteiger partial charge < -0.3 is 15.2 Å². The van der Waals surface area contributed by atoms with Crippen LogP contribution in [-0.2, 0) is 0 Å². The van der Waals surface area contributed by atoms with Crippen molar-refractivity contribution in [1.82, 2.24) is 9.97 Å². The SMILES string of the molecule is Cc1cc(NCC(O)c2ccc(OC(F)(F)F)cc2C)ncn1. The van der Waals surface area contributed by atoms with Gasteiger partial charge in [-0.1, -0.05) is 6.07 Å². The van der Waals surface area contributed by atoms with Crippen molar-refractivity contribution < 1.29 is 23.0 Å². The number of benzene rings is 1. The third kappa shape index (κ3) is 5.10. The first-order valence-corrected chi connectivity index (χ1v) is 6.81. The maximum absolute atomic E-state index is 12.2. The van der Waals surface area contributed by atoms with Crippen LogP contribution < -0.4 is 10.1 Å². The monoisotopic (exact) mass is 327 g/mol. The number of anilines is 1. The average Bonchev–Trinajstić information content (AvgIpc) is 2.43. The summed E-state index contributed by atoms with van der Waals surface area (Å²) in [5.74, 6) is 0.247. The molecule has 1 atom stereocenters. The van der Waals surface area contributed by atoms with Crippen LogP contribution in [0.5, 0.6) is 5.75 Å². The molecule has 1 aromatic heterocycles. The van der Waals surface area contributed by atoms with Gasteiger partial charge in [0.05, 0.1) is 6.10 Å². The van der Waals surface area contributed by atoms with Gasteiger partial charge in [-0.25, -0.2) is 9.97 Å². The summed E-state index contributed by atoms with van der Waals surface area (Å²) in [4.78, 5) is 7.96. The third-order valence-electron chi connectivity index (χ3n) is 3.11. The number of hydrogen-bond acceptors (Lipinski definition) is 5. The standard InChI is InChI=1S/C15H16F3N3O2/c1-9-5-11(23-15(16,17)18)3-4-12(9)13(22)7-19-14-6-10(2)20-8-21-14/h3-6,8,13,22H,7H2,1-2H3,(H,19,20,21). The van der Waals surface area contributed by atoms with Crippen LogP contribution in [0.3, 0.4) is 0 Å². The number of ether oxygens (including phenoxy) is 1. The van der Waals surface area contributed by atoms with Crippen molar-refractivity contribution >= 4 is 5.82 Å². The Bertz CT molecular complexity index is 677. The minimum absolute atomic E-state index is 0.163. The van der Waals surface area contributed by atoms with E-state index < -0.39 is 12.5 Å². The number of rotatable bonds is 5. The zero-order chi connectivity index (χ0) is 17.0. The van der Waals surface area contributed by atoms with Crippen molar-refractivity contribution in [3.8, 4) is 5.75 Å². The van der Waals surface area contributed by atoms with Crippen molar-refractivity contribution in [1.29, 1.82) is 0 Å². The van der Waals surface area contributed by atoms with E-state index in [1.807, 2.05) is 6.92 Å². The second-order valence-electron chi connectivity index (χ2n) is 5.01. The van der Waals surface area contributed by atoms with E-state index in [4.69, 9.17) is 0 Å². The predicted octanol–water partition coefficient (Wildman–Crippen LogP) is 3.14. The average molecular weight is 327 g/mol. The highest BCUT2D eigenvalue weighted by Gasteiger charge is 2.31. The van der Waals surface area contributed by atoms with Crippen molar-refractivity contribution in [3.63, 3.8) is 0 Å². The van der Waals surface area contributed by atoms with Gasteiger partial charge in [0.2, 0.25) is 0 Å². The molecular formula is C15H16F3N3O2. The largest absolute Gasteiger partial charge is 0.573 e. The molecule has 1 heterocycles. The summed E-state index contributed by atoms with van der Waals surface area (Å²) >= 11 is 0. The Hall–Kier alpha value is -2.35. The summed E-state index contributed by atoms with van der Waals surface area (Å²) in [6.07, 6.45) is -4.23. The fraction of sp³-hybridized carbons (Fsp3) is 0.333. The normalized spacial score (nSPS) is 12.8. The van der Waals surface area contributed by atoms with Gasteiger partial charge in [0, 0.05) is 18.3 Å². The molecule has 0 spiro atoms. The van der Waals surface area contributed by atoms with Crippen molar-refractivity contribution in [3.05, 3.63) is 47.4 Å². The smallest absolute Gasteiger partial charge is 0.406 e. The third-order valence-corrected chi connectivity index (χ3v) is 3.11. The van der Waals surface area contributed by atoms with Gasteiger partial charge in [-0.05, 0) is 37.1 Å². The van der Waals surface area contributed by atoms with Gasteiger partial charge >= 0.3 is 6.36 Å². The zero-order valence-electron chi connectivity index (χ0n) is 12.6. The Labute approximate surface area is 131 Å². The lowest BCUT2D eigenvalue weighted by molar-refractivity contribution is -0.274. The topological polar surface area (TPSA) is 67.3 Å². The Balaban J connectivity index is 2.03. The minimum atomic E-state index is -4.74. The summed E-state index contributed by atoms with van der Waals surface area (Å²) in [6.45, 7) is 3.58. The molecule has 0 bridgehead atoms. The number of nitrogens with zero attached hydrogens (tertiary/aromatic N) is 2. The van der Waals surface area contributed by atoms with Crippen LogP contribution >= 0.6 is 0 Å². The Morgan fingerprint density at radius 2 is 1.96 bits per heavy atom. The van der Waals surface area contributed by atoms with E-state index in [0.29, 0.717) is 16.9 Å². The number of aryl methyl sites for hydroxylation is 2. The van der Waals surface area contributed by atoms with Gasteiger partial charge in [0.1, 0.15) is 17.9 Å². The molecule has 124 valence electrons. The van der Waals surface area contributed by atoms with Gasteiger partial charge in [0.15, 0.2) is 0 Å². The molecule has 1 unspecified atom stereocenters. The first-order valence-electron chi connectivity index (χ1n) is 6.81. The molecule has 0 radical (unpaired) electrons. The predicted molar refractivity (Wildman–Crippen MR) is 78.1 cm³/mol. The Morgan fingerprint density at radius 3 is 2.57 bits per heavy atom. The Kier molecular flexibility index (Phi) is 5.05. The highest BCUT2D eigenvalue weighted by atomic mass is 19.4. The molecule has 0 aliphatic heterocycles. The van der Waals surface area contributed by atoms with Gasteiger partial charge in [-0.2, -0.15) is 0 Å². The molecule has 8 heteroatoms. The number of nitrogens with one attached hydrogen (secondary N) is 1. The number of hydrogen-bond donors (Lipinski definition) is 2. The molecule has 0 aliphatic rings. The van der Waals surface area contributed by atoms with Gasteiger partial charge in [-0.3, -0.25) is 0 Å². The number of aliphatic hydroxyl groups excluding tert-OH is 1. The number of aromatic nitrogens is 2. The molecule has 2 N–H and O–H groups in total. The van der Waals surface area contributed by atoms with Crippen molar-refractivity contribution in [2.45, 2.75) is 26.3 Å². The lowest BCUT2D eigenvalue weighted by atomic mass is 10.0. The van der Waals surface area contributed by atoms with Crippen LogP contribution in [0.1, 0.15) is 22.9 Å². The van der Waals surface area contributed by atoms with E-state index >= 15 is 0 Å². The second-order valence-corrected chi connectivity index (χ2v) is 5.01. The molecule has 5 nitrogen and oxygen atoms in total. The van der Waals surface area contributed by atoms with E-state index in [9.17, 15) is 18.3 Å². The van der Waals surface area contributed by atoms with Crippen LogP contribution in [0.15, 0.2) is 30.6 Å². The van der Waals surface area contributed by atoms with Gasteiger partial charge in [-0.15, -0.1) is 13.2 Å². The first kappa shape index (κ1) is 17.0. The Morgan fingerprint density at radius 1 is 1.22 bits per heavy atom. The summed E-state index contributed by atoms with van der Waals surface area (Å²) in [7, 11) is 0. The molecule has 0 fully saturated rings. The highest BCUT2D eigenvalue weighted by molar-refractivity contribution is 5.38. The lowest BCUT2D eigenvalue weighted by Gasteiger charge is -2.16. The highest BCUT2D eigenvalue weighted by Crippen LogP contribution is 2.27. The van der Waals surface area contributed by atoms with E-state index in [1.54, 1.807) is 13.0 Å². The van der Waals surface area contributed by atoms with Crippen molar-refractivity contribution in [2.24, 2.45) is 0 Å². The molecule has 0 aliphatic carbocycles. The van der Waals surface area contributed by atoms with E-state index in [1.165, 1.54) is 24.5 Å². The molecule has 0 amide bonds. The molecule has 1 aromatic carbocycles. The molecule has 23 heavy (non-hydrogen) atoms. The molecule has 2 rings (SSSR count). The summed E-state index contributed by atoms with van der Waals surface area (Å²) < 4.78 is 40.4. The van der Waals surface area contributed by atoms with Crippen LogP contribution in [0.4, 0.5) is 19.0 Å². The quantitative estimate of drug-likeness (QED) is 0.883. The molecule has 0 saturated heterocycles. The van der Waals surface area contributed by atoms with Crippen LogP contribution in [-0.4, -0.2) is 28.0 Å². The number of alkyl halides is 3. The van der Waals surface area contributed by atoms with Crippen LogP contribution in [0.25, 0.3) is 0 Å². The lowest BCUT2D eigenvalue weighted by Crippen LogP contribution is -2.18. The van der Waals surface area contributed by atoms with E-state index in [2.05, 4.69) is 20.0 Å². The summed E-state index contributed by atoms with van der Waals surface area (Å²) in [6, 6.07) is 5.54.